The SMILES string of the molecule is C.CN=C(/C=C(\N)c1ccccc1)Nc1ncc(C(N)=O)c(Nc2cccc(-c3ncn(C)n3)c2OC)n1.COc1c(Nc2nc(Nc3cc(-c4ccccc4)nn3C)ncc2C(=O)O)cccc1-c1ncn(C)n1. The molecule has 9 rings (SSSR count). The molecule has 0 bridgehead atoms. The molecular formula is C51H53N19O5. The van der Waals surface area contributed by atoms with Gasteiger partial charge in [0.25, 0.3) is 5.91 Å². The third-order valence-corrected chi connectivity index (χ3v) is 10.8. The molecule has 0 unspecified atom stereocenters. The number of rotatable bonds is 16. The highest BCUT2D eigenvalue weighted by molar-refractivity contribution is 6.07. The lowest BCUT2D eigenvalue weighted by atomic mass is 10.1. The summed E-state index contributed by atoms with van der Waals surface area (Å²) in [5.41, 5.74) is 17.2. The molecule has 4 aromatic carbocycles. The van der Waals surface area contributed by atoms with Gasteiger partial charge in [-0.05, 0) is 29.8 Å². The van der Waals surface area contributed by atoms with E-state index in [9.17, 15) is 14.7 Å². The van der Waals surface area contributed by atoms with Gasteiger partial charge < -0.3 is 47.3 Å². The average Bonchev–Trinajstić information content (AvgIpc) is 4.15. The van der Waals surface area contributed by atoms with Crippen LogP contribution in [-0.2, 0) is 21.1 Å². The van der Waals surface area contributed by atoms with E-state index < -0.39 is 11.9 Å². The van der Waals surface area contributed by atoms with Crippen LogP contribution in [0.5, 0.6) is 11.5 Å². The molecule has 5 heterocycles. The Balaban J connectivity index is 0.000000216. The van der Waals surface area contributed by atoms with Crippen LogP contribution in [-0.4, -0.2) is 103 Å². The Morgan fingerprint density at radius 1 is 0.667 bits per heavy atom. The number of primary amides is 1. The van der Waals surface area contributed by atoms with Crippen LogP contribution in [0.2, 0.25) is 0 Å². The van der Waals surface area contributed by atoms with Crippen LogP contribution in [0.1, 0.15) is 33.7 Å². The van der Waals surface area contributed by atoms with E-state index >= 15 is 0 Å². The standard InChI is InChI=1S/C25H26N10O2.C25H23N9O3.CH4/c1-28-20(12-18(26)15-8-5-4-6-9-15)32-25-29-13-17(22(27)36)24(33-25)31-19-11-7-10-16(21(19)37-3)23-30-14-35(2)34-23;1-33-14-27-22(32-33)16-10-7-11-18(21(16)37-3)28-23-17(24(35)36)13-26-25(30-23)29-20-12-19(31-34(20)2)15-8-5-4-6-9-15;/h4-14H,26H2,1-3H3,(H2,27,36)(H2,28,29,31,32,33);4-14H,1-3H3,(H,35,36)(H2,26,28,29,30);1H4/b18-12-;;. The molecular weight excluding hydrogens is 959 g/mol. The number of hydrogen-bond acceptors (Lipinski definition) is 18. The number of carbonyl (C=O) groups is 2. The van der Waals surface area contributed by atoms with E-state index in [0.29, 0.717) is 63.0 Å². The van der Waals surface area contributed by atoms with Gasteiger partial charge in [0.15, 0.2) is 29.0 Å². The first-order valence-electron chi connectivity index (χ1n) is 22.3. The lowest BCUT2D eigenvalue weighted by Crippen LogP contribution is -2.18. The van der Waals surface area contributed by atoms with Crippen LogP contribution in [0.4, 0.5) is 40.7 Å². The second kappa shape index (κ2) is 23.6. The maximum Gasteiger partial charge on any atom is 0.341 e. The van der Waals surface area contributed by atoms with Gasteiger partial charge in [-0.25, -0.2) is 24.7 Å². The molecule has 0 aliphatic rings. The van der Waals surface area contributed by atoms with Gasteiger partial charge in [0, 0.05) is 64.0 Å². The zero-order valence-electron chi connectivity index (χ0n) is 40.8. The lowest BCUT2D eigenvalue weighted by molar-refractivity contribution is 0.0697. The van der Waals surface area contributed by atoms with Crippen LogP contribution in [0.25, 0.3) is 39.7 Å². The lowest BCUT2D eigenvalue weighted by Gasteiger charge is -2.15. The van der Waals surface area contributed by atoms with Crippen LogP contribution in [0.3, 0.4) is 0 Å². The molecule has 9 N–H and O–H groups in total. The molecule has 9 aromatic rings. The maximum atomic E-state index is 12.1. The van der Waals surface area contributed by atoms with Gasteiger partial charge in [-0.1, -0.05) is 80.2 Å². The van der Waals surface area contributed by atoms with E-state index in [4.69, 9.17) is 20.9 Å². The first kappa shape index (κ1) is 52.3. The van der Waals surface area contributed by atoms with Gasteiger partial charge in [-0.3, -0.25) is 23.8 Å². The van der Waals surface area contributed by atoms with Crippen molar-refractivity contribution >= 4 is 64.1 Å². The fourth-order valence-corrected chi connectivity index (χ4v) is 7.24. The highest BCUT2D eigenvalue weighted by atomic mass is 16.5. The van der Waals surface area contributed by atoms with E-state index in [1.165, 1.54) is 26.6 Å². The topological polar surface area (TPSA) is 316 Å². The maximum absolute atomic E-state index is 12.1. The monoisotopic (exact) mass is 1010 g/mol. The number of ether oxygens (including phenoxy) is 2. The molecule has 0 saturated carbocycles. The van der Waals surface area contributed by atoms with Crippen molar-refractivity contribution < 1.29 is 24.2 Å². The van der Waals surface area contributed by atoms with E-state index in [-0.39, 0.29) is 42.1 Å². The normalized spacial score (nSPS) is 11.1. The first-order chi connectivity index (χ1) is 35.8. The van der Waals surface area contributed by atoms with Crippen LogP contribution in [0.15, 0.2) is 139 Å². The van der Waals surface area contributed by atoms with E-state index in [1.807, 2.05) is 78.9 Å². The van der Waals surface area contributed by atoms with E-state index in [2.05, 4.69) is 71.5 Å². The molecule has 0 spiro atoms. The summed E-state index contributed by atoms with van der Waals surface area (Å²) in [6, 6.07) is 31.8. The number of carboxylic acids is 1. The van der Waals surface area contributed by atoms with Crippen LogP contribution in [0, 0.1) is 0 Å². The average molecular weight is 1010 g/mol. The number of nitrogens with two attached hydrogens (primary N) is 2. The number of benzene rings is 4. The Hall–Kier alpha value is -10.5. The first-order valence-corrected chi connectivity index (χ1v) is 22.3. The third-order valence-electron chi connectivity index (χ3n) is 10.8. The number of aryl methyl sites for hydroxylation is 3. The number of carbonyl (C=O) groups excluding carboxylic acids is 1. The summed E-state index contributed by atoms with van der Waals surface area (Å²) in [6.45, 7) is 0. The molecule has 0 radical (unpaired) electrons. The number of methoxy groups -OCH3 is 2. The smallest absolute Gasteiger partial charge is 0.341 e. The van der Waals surface area contributed by atoms with Crippen molar-refractivity contribution in [2.45, 2.75) is 7.43 Å². The third kappa shape index (κ3) is 12.3. The van der Waals surface area contributed by atoms with Crippen molar-refractivity contribution in [2.75, 3.05) is 42.5 Å². The number of hydrogen-bond donors (Lipinski definition) is 7. The van der Waals surface area contributed by atoms with Gasteiger partial charge in [0.2, 0.25) is 11.9 Å². The second-order valence-electron chi connectivity index (χ2n) is 15.8. The summed E-state index contributed by atoms with van der Waals surface area (Å²) in [4.78, 5) is 54.2. The number of para-hydroxylation sites is 2. The van der Waals surface area contributed by atoms with Crippen molar-refractivity contribution in [3.63, 3.8) is 0 Å². The predicted octanol–water partition coefficient (Wildman–Crippen LogP) is 7.07. The number of amides is 1. The fourth-order valence-electron chi connectivity index (χ4n) is 7.24. The second-order valence-corrected chi connectivity index (χ2v) is 15.8. The van der Waals surface area contributed by atoms with Gasteiger partial charge >= 0.3 is 5.97 Å². The van der Waals surface area contributed by atoms with Crippen molar-refractivity contribution in [1.82, 2.24) is 59.2 Å². The Labute approximate surface area is 430 Å². The molecule has 0 atom stereocenters. The quantitative estimate of drug-likeness (QED) is 0.0376. The van der Waals surface area contributed by atoms with Gasteiger partial charge in [0.05, 0.1) is 42.4 Å². The number of carboxylic acid groups (broad SMARTS) is 1. The minimum absolute atomic E-state index is 0. The molecule has 0 saturated heterocycles. The fraction of sp³-hybridized carbons (Fsp3) is 0.137. The molecule has 24 nitrogen and oxygen atoms in total. The molecule has 24 heteroatoms. The summed E-state index contributed by atoms with van der Waals surface area (Å²) in [7, 11) is 9.99. The number of anilines is 7. The van der Waals surface area contributed by atoms with Gasteiger partial charge in [-0.15, -0.1) is 0 Å². The van der Waals surface area contributed by atoms with Gasteiger partial charge in [0.1, 0.15) is 41.3 Å². The number of nitrogens with one attached hydrogen (secondary N) is 4. The number of aromatic nitrogens is 12. The summed E-state index contributed by atoms with van der Waals surface area (Å²) < 4.78 is 16.1. The van der Waals surface area contributed by atoms with Gasteiger partial charge in [-0.2, -0.15) is 25.3 Å². The zero-order chi connectivity index (χ0) is 52.3. The van der Waals surface area contributed by atoms with Crippen molar-refractivity contribution in [3.8, 4) is 45.5 Å². The summed E-state index contributed by atoms with van der Waals surface area (Å²) in [5, 5.41) is 35.3. The zero-order valence-corrected chi connectivity index (χ0v) is 40.8. The van der Waals surface area contributed by atoms with Crippen molar-refractivity contribution in [2.24, 2.45) is 37.6 Å². The Bertz CT molecular complexity index is 3520. The largest absolute Gasteiger partial charge is 0.494 e. The van der Waals surface area contributed by atoms with Crippen molar-refractivity contribution in [3.05, 3.63) is 151 Å². The predicted molar refractivity (Wildman–Crippen MR) is 286 cm³/mol. The van der Waals surface area contributed by atoms with E-state index in [1.54, 1.807) is 85.2 Å². The van der Waals surface area contributed by atoms with Crippen molar-refractivity contribution in [1.29, 1.82) is 0 Å². The Morgan fingerprint density at radius 2 is 1.20 bits per heavy atom. The summed E-state index contributed by atoms with van der Waals surface area (Å²) >= 11 is 0. The number of nitrogens with zero attached hydrogens (tertiary/aromatic N) is 13. The summed E-state index contributed by atoms with van der Waals surface area (Å²) in [5.74, 6) is 1.65. The molecule has 382 valence electrons. The van der Waals surface area contributed by atoms with Crippen LogP contribution < -0.4 is 42.2 Å². The summed E-state index contributed by atoms with van der Waals surface area (Å²) in [6.07, 6.45) is 7.41. The number of amidine groups is 1. The molecule has 75 heavy (non-hydrogen) atoms. The van der Waals surface area contributed by atoms with Crippen LogP contribution >= 0.6 is 0 Å². The Kier molecular flexibility index (Phi) is 16.5. The molecule has 0 fully saturated rings. The molecule has 1 amide bonds. The minimum Gasteiger partial charge on any atom is -0.494 e. The minimum atomic E-state index is -1.18. The highest BCUT2D eigenvalue weighted by Crippen LogP contribution is 2.38. The number of aliphatic imine (C=N–C) groups is 1. The molecule has 0 aliphatic heterocycles. The highest BCUT2D eigenvalue weighted by Gasteiger charge is 2.21. The molecule has 0 aliphatic carbocycles. The Morgan fingerprint density at radius 3 is 1.72 bits per heavy atom. The van der Waals surface area contributed by atoms with E-state index in [0.717, 1.165) is 16.8 Å². The number of aromatic carboxylic acids is 1. The molecule has 5 aromatic heterocycles.